The van der Waals surface area contributed by atoms with Gasteiger partial charge in [-0.25, -0.2) is 4.79 Å². The highest BCUT2D eigenvalue weighted by Gasteiger charge is 2.45. The maximum atomic E-state index is 10.9. The van der Waals surface area contributed by atoms with Crippen molar-refractivity contribution >= 4 is 11.9 Å². The molecule has 21 heavy (non-hydrogen) atoms. The Kier molecular flexibility index (Phi) is 6.42. The molecule has 0 aromatic rings. The van der Waals surface area contributed by atoms with E-state index in [2.05, 4.69) is 0 Å². The molecule has 1 fully saturated rings. The number of carboxylic acid groups (broad SMARTS) is 2. The van der Waals surface area contributed by atoms with Crippen LogP contribution in [0.1, 0.15) is 0 Å². The molecular formula is C10H17NO10. The molecule has 0 spiro atoms. The van der Waals surface area contributed by atoms with E-state index < -0.39 is 62.0 Å². The Balaban J connectivity index is 2.72. The zero-order valence-corrected chi connectivity index (χ0v) is 10.7. The summed E-state index contributed by atoms with van der Waals surface area (Å²) >= 11 is 0. The number of carboxylic acids is 2. The number of ether oxygens (including phenoxy) is 2. The van der Waals surface area contributed by atoms with Gasteiger partial charge in [0.25, 0.3) is 0 Å². The number of hydrogen-bond donors (Lipinski definition) is 7. The molecule has 11 heteroatoms. The van der Waals surface area contributed by atoms with E-state index in [1.165, 1.54) is 0 Å². The largest absolute Gasteiger partial charge is 0.480 e. The number of aliphatic hydroxyl groups excluding tert-OH is 4. The highest BCUT2D eigenvalue weighted by molar-refractivity contribution is 5.74. The van der Waals surface area contributed by atoms with E-state index >= 15 is 0 Å². The first-order valence-electron chi connectivity index (χ1n) is 5.92. The third-order valence-electron chi connectivity index (χ3n) is 2.78. The van der Waals surface area contributed by atoms with E-state index in [0.29, 0.717) is 0 Å². The minimum atomic E-state index is -1.83. The summed E-state index contributed by atoms with van der Waals surface area (Å²) in [7, 11) is 0. The molecule has 7 N–H and O–H groups in total. The summed E-state index contributed by atoms with van der Waals surface area (Å²) in [5, 5.41) is 57.0. The lowest BCUT2D eigenvalue weighted by atomic mass is 9.99. The van der Waals surface area contributed by atoms with Crippen LogP contribution >= 0.6 is 0 Å². The van der Waals surface area contributed by atoms with Crippen molar-refractivity contribution in [3.8, 4) is 0 Å². The Morgan fingerprint density at radius 2 is 1.76 bits per heavy atom. The molecule has 0 aliphatic carbocycles. The zero-order chi connectivity index (χ0) is 16.2. The molecule has 1 aliphatic heterocycles. The number of rotatable bonds is 7. The van der Waals surface area contributed by atoms with Crippen molar-refractivity contribution in [2.75, 3.05) is 13.2 Å². The van der Waals surface area contributed by atoms with Gasteiger partial charge in [-0.3, -0.25) is 10.1 Å². The molecule has 1 aliphatic rings. The lowest BCUT2D eigenvalue weighted by Gasteiger charge is -2.40. The molecule has 122 valence electrons. The highest BCUT2D eigenvalue weighted by atomic mass is 16.7. The van der Waals surface area contributed by atoms with Crippen LogP contribution in [0.25, 0.3) is 0 Å². The van der Waals surface area contributed by atoms with E-state index in [4.69, 9.17) is 24.8 Å². The van der Waals surface area contributed by atoms with Crippen LogP contribution in [0.5, 0.6) is 0 Å². The first kappa shape index (κ1) is 17.7. The Hall–Kier alpha value is -1.34. The number of nitrogens with one attached hydrogen (secondary N) is 1. The van der Waals surface area contributed by atoms with Gasteiger partial charge in [0, 0.05) is 0 Å². The van der Waals surface area contributed by atoms with Gasteiger partial charge in [-0.15, -0.1) is 0 Å². The highest BCUT2D eigenvalue weighted by Crippen LogP contribution is 2.22. The van der Waals surface area contributed by atoms with Gasteiger partial charge in [0.1, 0.15) is 24.4 Å². The van der Waals surface area contributed by atoms with Crippen molar-refractivity contribution in [1.82, 2.24) is 5.32 Å². The van der Waals surface area contributed by atoms with Gasteiger partial charge in [0.15, 0.2) is 6.29 Å². The SMILES string of the molecule is O=C(O)CNC(O[C@H]1O[C@H](CO)[C@H](O)[C@H](O)[C@H]1O)C(=O)O. The van der Waals surface area contributed by atoms with Crippen LogP contribution in [0.3, 0.4) is 0 Å². The van der Waals surface area contributed by atoms with Crippen molar-refractivity contribution in [2.24, 2.45) is 0 Å². The first-order chi connectivity index (χ1) is 9.77. The van der Waals surface area contributed by atoms with E-state index in [1.807, 2.05) is 5.32 Å². The van der Waals surface area contributed by atoms with Gasteiger partial charge < -0.3 is 40.1 Å². The molecule has 0 bridgehead atoms. The molecule has 0 saturated carbocycles. The normalized spacial score (nSPS) is 34.4. The van der Waals surface area contributed by atoms with Crippen LogP contribution in [0.4, 0.5) is 0 Å². The van der Waals surface area contributed by atoms with E-state index in [1.54, 1.807) is 0 Å². The maximum Gasteiger partial charge on any atom is 0.348 e. The molecule has 0 amide bonds. The topological polar surface area (TPSA) is 186 Å². The maximum absolute atomic E-state index is 10.9. The molecule has 6 atom stereocenters. The van der Waals surface area contributed by atoms with Crippen LogP contribution in [-0.4, -0.2) is 92.7 Å². The van der Waals surface area contributed by atoms with Crippen LogP contribution in [-0.2, 0) is 19.1 Å². The Morgan fingerprint density at radius 3 is 2.24 bits per heavy atom. The molecule has 0 aromatic carbocycles. The monoisotopic (exact) mass is 311 g/mol. The van der Waals surface area contributed by atoms with Crippen LogP contribution in [0.15, 0.2) is 0 Å². The van der Waals surface area contributed by atoms with Gasteiger partial charge >= 0.3 is 11.9 Å². The standard InChI is InChI=1S/C10H17NO10/c12-2-3-5(15)6(16)7(17)10(20-3)21-8(9(18)19)11-1-4(13)14/h3,5-8,10-12,15-17H,1-2H2,(H,13,14)(H,18,19)/t3-,5+,6+,7-,8?,10-/m1/s1. The fourth-order valence-electron chi connectivity index (χ4n) is 1.69. The number of carbonyl (C=O) groups is 2. The van der Waals surface area contributed by atoms with Crippen molar-refractivity contribution in [3.63, 3.8) is 0 Å². The quantitative estimate of drug-likeness (QED) is 0.226. The van der Waals surface area contributed by atoms with Gasteiger partial charge in [0.05, 0.1) is 13.2 Å². The molecule has 0 radical (unpaired) electrons. The fourth-order valence-corrected chi connectivity index (χ4v) is 1.69. The Labute approximate surface area is 118 Å². The Bertz CT molecular complexity index is 375. The van der Waals surface area contributed by atoms with Gasteiger partial charge in [0.2, 0.25) is 6.23 Å². The average molecular weight is 311 g/mol. The second-order valence-corrected chi connectivity index (χ2v) is 4.33. The molecular weight excluding hydrogens is 294 g/mol. The smallest absolute Gasteiger partial charge is 0.348 e. The van der Waals surface area contributed by atoms with Crippen LogP contribution in [0, 0.1) is 0 Å². The summed E-state index contributed by atoms with van der Waals surface area (Å²) in [6.07, 6.45) is -9.89. The van der Waals surface area contributed by atoms with E-state index in [9.17, 15) is 24.9 Å². The van der Waals surface area contributed by atoms with Crippen molar-refractivity contribution in [2.45, 2.75) is 36.9 Å². The predicted molar refractivity (Wildman–Crippen MR) is 61.9 cm³/mol. The minimum Gasteiger partial charge on any atom is -0.480 e. The molecule has 0 aromatic heterocycles. The molecule has 11 nitrogen and oxygen atoms in total. The van der Waals surface area contributed by atoms with Crippen molar-refractivity contribution in [1.29, 1.82) is 0 Å². The zero-order valence-electron chi connectivity index (χ0n) is 10.7. The molecule has 1 saturated heterocycles. The third kappa shape index (κ3) is 4.57. The van der Waals surface area contributed by atoms with Crippen LogP contribution < -0.4 is 5.32 Å². The van der Waals surface area contributed by atoms with Gasteiger partial charge in [-0.2, -0.15) is 0 Å². The van der Waals surface area contributed by atoms with Crippen molar-refractivity contribution in [3.05, 3.63) is 0 Å². The summed E-state index contributed by atoms with van der Waals surface area (Å²) in [5.41, 5.74) is 0. The fraction of sp³-hybridized carbons (Fsp3) is 0.800. The number of hydrogen-bond acceptors (Lipinski definition) is 9. The Morgan fingerprint density at radius 1 is 1.14 bits per heavy atom. The van der Waals surface area contributed by atoms with Gasteiger partial charge in [-0.05, 0) is 0 Å². The minimum absolute atomic E-state index is 0.703. The average Bonchev–Trinajstić information content (AvgIpc) is 2.42. The van der Waals surface area contributed by atoms with E-state index in [0.717, 1.165) is 0 Å². The summed E-state index contributed by atoms with van der Waals surface area (Å²) < 4.78 is 9.77. The lowest BCUT2D eigenvalue weighted by molar-refractivity contribution is -0.312. The summed E-state index contributed by atoms with van der Waals surface area (Å²) in [5.74, 6) is -2.91. The summed E-state index contributed by atoms with van der Waals surface area (Å²) in [4.78, 5) is 21.3. The van der Waals surface area contributed by atoms with Crippen LogP contribution in [0.2, 0.25) is 0 Å². The molecule has 1 rings (SSSR count). The second kappa shape index (κ2) is 7.61. The number of aliphatic hydroxyl groups is 4. The molecule has 1 unspecified atom stereocenters. The lowest BCUT2D eigenvalue weighted by Crippen LogP contribution is -2.61. The summed E-state index contributed by atoms with van der Waals surface area (Å²) in [6, 6.07) is 0. The first-order valence-corrected chi connectivity index (χ1v) is 5.92. The van der Waals surface area contributed by atoms with E-state index in [-0.39, 0.29) is 0 Å². The van der Waals surface area contributed by atoms with Gasteiger partial charge in [-0.1, -0.05) is 0 Å². The second-order valence-electron chi connectivity index (χ2n) is 4.33. The number of aliphatic carboxylic acids is 2. The molecule has 1 heterocycles. The summed E-state index contributed by atoms with van der Waals surface area (Å²) in [6.45, 7) is -1.43. The third-order valence-corrected chi connectivity index (χ3v) is 2.78. The van der Waals surface area contributed by atoms with Crippen molar-refractivity contribution < 1.29 is 49.7 Å². The predicted octanol–water partition coefficient (Wildman–Crippen LogP) is -4.11.